The maximum absolute atomic E-state index is 10.4. The maximum atomic E-state index is 10.4. The number of aliphatic hydroxyl groups excluding tert-OH is 1. The smallest absolute Gasteiger partial charge is 0.225 e. The average molecular weight is 343 g/mol. The zero-order valence-electron chi connectivity index (χ0n) is 12.9. The van der Waals surface area contributed by atoms with E-state index in [9.17, 15) is 13.0 Å². The van der Waals surface area contributed by atoms with E-state index in [0.29, 0.717) is 0 Å². The lowest BCUT2D eigenvalue weighted by Crippen LogP contribution is -2.32. The molecule has 2 aromatic rings. The number of nitrogens with zero attached hydrogens (tertiary/aromatic N) is 1. The molecule has 22 heavy (non-hydrogen) atoms. The summed E-state index contributed by atoms with van der Waals surface area (Å²) in [5.41, 5.74) is 4.34. The molecule has 7 heteroatoms. The van der Waals surface area contributed by atoms with Gasteiger partial charge in [0.05, 0.1) is 9.77 Å². The van der Waals surface area contributed by atoms with Gasteiger partial charge in [-0.1, -0.05) is 29.0 Å². The molecule has 0 unspecified atom stereocenters. The van der Waals surface area contributed by atoms with E-state index in [2.05, 4.69) is 23.9 Å². The van der Waals surface area contributed by atoms with E-state index in [0.717, 1.165) is 18.5 Å². The second kappa shape index (κ2) is 8.38. The molecule has 0 amide bonds. The van der Waals surface area contributed by atoms with Gasteiger partial charge in [0.2, 0.25) is 5.51 Å². The Morgan fingerprint density at radius 3 is 2.23 bits per heavy atom. The summed E-state index contributed by atoms with van der Waals surface area (Å²) in [6, 6.07) is 5.78. The highest BCUT2D eigenvalue weighted by atomic mass is 32.2. The predicted octanol–water partition coefficient (Wildman–Crippen LogP) is 1.80. The number of benzene rings is 1. The molecule has 0 bridgehead atoms. The summed E-state index contributed by atoms with van der Waals surface area (Å²) in [4.78, 5) is 1.12. The Morgan fingerprint density at radius 1 is 1.23 bits per heavy atom. The molecule has 1 aromatic heterocycles. The zero-order valence-corrected chi connectivity index (χ0v) is 14.6. The van der Waals surface area contributed by atoms with Crippen molar-refractivity contribution in [3.63, 3.8) is 0 Å². The first kappa shape index (κ1) is 18.8. The van der Waals surface area contributed by atoms with Gasteiger partial charge in [0.1, 0.15) is 16.7 Å². The van der Waals surface area contributed by atoms with Gasteiger partial charge < -0.3 is 9.66 Å². The molecule has 0 saturated heterocycles. The fourth-order valence-corrected chi connectivity index (χ4v) is 3.34. The van der Waals surface area contributed by atoms with Gasteiger partial charge in [-0.25, -0.2) is 8.42 Å². The normalized spacial score (nSPS) is 11.0. The molecule has 1 heterocycles. The van der Waals surface area contributed by atoms with Crippen molar-refractivity contribution < 1.29 is 22.6 Å². The first-order valence-corrected chi connectivity index (χ1v) is 9.18. The van der Waals surface area contributed by atoms with Crippen LogP contribution in [0.4, 0.5) is 0 Å². The number of thiazole rings is 1. The summed E-state index contributed by atoms with van der Waals surface area (Å²) in [6.45, 7) is 7.33. The number of rotatable bonds is 4. The van der Waals surface area contributed by atoms with E-state index < -0.39 is 10.1 Å². The van der Waals surface area contributed by atoms with Crippen LogP contribution in [0.25, 0.3) is 0 Å². The van der Waals surface area contributed by atoms with Gasteiger partial charge in [0, 0.05) is 20.0 Å². The van der Waals surface area contributed by atoms with Crippen LogP contribution in [0.5, 0.6) is 0 Å². The summed E-state index contributed by atoms with van der Waals surface area (Å²) >= 11 is 1.73. The fourth-order valence-electron chi connectivity index (χ4n) is 1.81. The lowest BCUT2D eigenvalue weighted by molar-refractivity contribution is -0.694. The fraction of sp³-hybridized carbons (Fsp3) is 0.400. The van der Waals surface area contributed by atoms with E-state index in [-0.39, 0.29) is 11.5 Å². The third kappa shape index (κ3) is 5.49. The Balaban J connectivity index is 0.000000220. The minimum Gasteiger partial charge on any atom is -0.744 e. The van der Waals surface area contributed by atoms with Crippen LogP contribution in [0.15, 0.2) is 34.7 Å². The van der Waals surface area contributed by atoms with Crippen molar-refractivity contribution in [3.05, 3.63) is 45.9 Å². The zero-order chi connectivity index (χ0) is 16.8. The van der Waals surface area contributed by atoms with Crippen molar-refractivity contribution in [2.75, 3.05) is 6.61 Å². The minimum atomic E-state index is -4.27. The van der Waals surface area contributed by atoms with Crippen LogP contribution in [0, 0.1) is 13.8 Å². The number of hydrogen-bond donors (Lipinski definition) is 1. The standard InChI is InChI=1S/C8H14NOS.C7H8O3S/c1-3-9-6-11-8(4-5-10)7(9)2;1-6-2-4-7(5-3-6)11(8,9)10/h6,10H,3-5H2,1-2H3;2-5H,1H3,(H,8,9,10)/q+1;/p-1. The Morgan fingerprint density at radius 2 is 1.82 bits per heavy atom. The van der Waals surface area contributed by atoms with Crippen molar-refractivity contribution >= 4 is 21.5 Å². The van der Waals surface area contributed by atoms with Crippen molar-refractivity contribution in [3.8, 4) is 0 Å². The summed E-state index contributed by atoms with van der Waals surface area (Å²) in [6.07, 6.45) is 0.795. The molecule has 1 N–H and O–H groups in total. The molecule has 0 fully saturated rings. The molecule has 1 aromatic carbocycles. The highest BCUT2D eigenvalue weighted by Gasteiger charge is 2.11. The van der Waals surface area contributed by atoms with Crippen molar-refractivity contribution in [2.45, 2.75) is 38.6 Å². The van der Waals surface area contributed by atoms with Crippen LogP contribution >= 0.6 is 11.3 Å². The van der Waals surface area contributed by atoms with Gasteiger partial charge in [-0.2, -0.15) is 4.57 Å². The van der Waals surface area contributed by atoms with E-state index >= 15 is 0 Å². The number of hydrogen-bond acceptors (Lipinski definition) is 5. The van der Waals surface area contributed by atoms with Crippen molar-refractivity contribution in [1.29, 1.82) is 0 Å². The summed E-state index contributed by atoms with van der Waals surface area (Å²) in [5.74, 6) is 0. The van der Waals surface area contributed by atoms with Gasteiger partial charge in [-0.15, -0.1) is 0 Å². The van der Waals surface area contributed by atoms with Crippen molar-refractivity contribution in [2.24, 2.45) is 0 Å². The lowest BCUT2D eigenvalue weighted by atomic mass is 10.2. The quantitative estimate of drug-likeness (QED) is 0.678. The van der Waals surface area contributed by atoms with Gasteiger partial charge in [0.25, 0.3) is 0 Å². The molecule has 0 spiro atoms. The lowest BCUT2D eigenvalue weighted by Gasteiger charge is -2.05. The maximum Gasteiger partial charge on any atom is 0.225 e. The van der Waals surface area contributed by atoms with Crippen LogP contribution in [0.1, 0.15) is 23.1 Å². The van der Waals surface area contributed by atoms with E-state index in [4.69, 9.17) is 5.11 Å². The molecule has 2 rings (SSSR count). The molecule has 0 saturated carbocycles. The van der Waals surface area contributed by atoms with Crippen LogP contribution in [0.2, 0.25) is 0 Å². The van der Waals surface area contributed by atoms with E-state index in [1.807, 2.05) is 6.92 Å². The van der Waals surface area contributed by atoms with Gasteiger partial charge in [0.15, 0.2) is 5.69 Å². The number of aliphatic hydroxyl groups is 1. The monoisotopic (exact) mass is 343 g/mol. The molecular formula is C15H21NO4S2. The molecule has 0 radical (unpaired) electrons. The summed E-state index contributed by atoms with van der Waals surface area (Å²) < 4.78 is 33.4. The van der Waals surface area contributed by atoms with Crippen molar-refractivity contribution in [1.82, 2.24) is 0 Å². The highest BCUT2D eigenvalue weighted by molar-refractivity contribution is 7.85. The van der Waals surface area contributed by atoms with Gasteiger partial charge >= 0.3 is 0 Å². The Bertz CT molecular complexity index is 691. The Kier molecular flexibility index (Phi) is 7.15. The van der Waals surface area contributed by atoms with Crippen LogP contribution in [0.3, 0.4) is 0 Å². The summed E-state index contributed by atoms with van der Waals surface area (Å²) in [7, 11) is -4.27. The topological polar surface area (TPSA) is 81.3 Å². The molecule has 0 atom stereocenters. The molecule has 122 valence electrons. The molecular weight excluding hydrogens is 322 g/mol. The van der Waals surface area contributed by atoms with Gasteiger partial charge in [-0.05, 0) is 26.0 Å². The largest absolute Gasteiger partial charge is 0.744 e. The molecule has 5 nitrogen and oxygen atoms in total. The number of aryl methyl sites for hydroxylation is 2. The average Bonchev–Trinajstić information content (AvgIpc) is 2.80. The van der Waals surface area contributed by atoms with E-state index in [1.165, 1.54) is 22.7 Å². The molecule has 0 aliphatic rings. The molecule has 0 aliphatic carbocycles. The Hall–Kier alpha value is -1.28. The van der Waals surface area contributed by atoms with Crippen LogP contribution in [-0.2, 0) is 23.1 Å². The number of aromatic nitrogens is 1. The first-order valence-electron chi connectivity index (χ1n) is 6.89. The SMILES string of the molecule is CC[n+]1csc(CCO)c1C.Cc1ccc(S(=O)(=O)[O-])cc1. The van der Waals surface area contributed by atoms with Crippen LogP contribution in [-0.4, -0.2) is 24.7 Å². The minimum absolute atomic E-state index is 0.178. The second-order valence-corrected chi connectivity index (χ2v) is 7.08. The second-order valence-electron chi connectivity index (χ2n) is 4.76. The molecule has 0 aliphatic heterocycles. The van der Waals surface area contributed by atoms with Crippen LogP contribution < -0.4 is 4.57 Å². The van der Waals surface area contributed by atoms with E-state index in [1.54, 1.807) is 23.5 Å². The van der Waals surface area contributed by atoms with Gasteiger partial charge in [-0.3, -0.25) is 0 Å². The Labute approximate surface area is 135 Å². The first-order chi connectivity index (χ1) is 10.3. The third-order valence-electron chi connectivity index (χ3n) is 3.15. The third-order valence-corrected chi connectivity index (χ3v) is 5.14. The predicted molar refractivity (Wildman–Crippen MR) is 84.9 cm³/mol. The summed E-state index contributed by atoms with van der Waals surface area (Å²) in [5, 5.41) is 8.72. The highest BCUT2D eigenvalue weighted by Crippen LogP contribution is 2.10.